The van der Waals surface area contributed by atoms with Gasteiger partial charge in [0.25, 0.3) is 0 Å². The van der Waals surface area contributed by atoms with Gasteiger partial charge in [-0.2, -0.15) is 0 Å². The van der Waals surface area contributed by atoms with Crippen LogP contribution in [0.15, 0.2) is 146 Å². The topological polar surface area (TPSA) is 276 Å². The molecule has 0 saturated carbocycles. The molecule has 6 heterocycles. The molecular formula is C36H24FeN9O9. The van der Waals surface area contributed by atoms with Crippen LogP contribution in [0.4, 0.5) is 0 Å². The van der Waals surface area contributed by atoms with E-state index in [4.69, 9.17) is 46.0 Å². The van der Waals surface area contributed by atoms with Crippen LogP contribution in [0.3, 0.4) is 0 Å². The summed E-state index contributed by atoms with van der Waals surface area (Å²) in [6, 6.07) is 36.4. The first kappa shape index (κ1) is 41.7. The largest absolute Gasteiger partial charge is 3.00 e. The molecule has 0 aliphatic rings. The van der Waals surface area contributed by atoms with Gasteiger partial charge >= 0.3 is 17.1 Å². The molecule has 0 unspecified atom stereocenters. The molecule has 0 amide bonds. The van der Waals surface area contributed by atoms with Crippen LogP contribution in [0.25, 0.3) is 65.4 Å². The normalized spacial score (nSPS) is 9.60. The van der Waals surface area contributed by atoms with Crippen LogP contribution in [-0.4, -0.2) is 45.2 Å². The molecule has 0 spiro atoms. The summed E-state index contributed by atoms with van der Waals surface area (Å²) in [5, 5.41) is 51.1. The Hall–Kier alpha value is -7.76. The molecular weight excluding hydrogens is 758 g/mol. The second kappa shape index (κ2) is 20.9. The van der Waals surface area contributed by atoms with Crippen LogP contribution in [0.5, 0.6) is 0 Å². The Morgan fingerprint density at radius 3 is 0.545 bits per heavy atom. The van der Waals surface area contributed by atoms with E-state index in [1.165, 1.54) is 0 Å². The SMILES string of the molecule is O=[N+]([O-])[O-].O=[N+]([O-])[O-].O=[N+]([O-])[O-].[Fe+3].c1cnc2c(c1)ccc1cccnc12.c1cnc2c(c1)ccc1cccnc12.c1cnc2c(c1)ccc1cccnc12. The third kappa shape index (κ3) is 12.5. The molecule has 0 bridgehead atoms. The molecule has 0 N–H and O–H groups in total. The Bertz CT molecular complexity index is 2220. The third-order valence-corrected chi connectivity index (χ3v) is 7.03. The summed E-state index contributed by atoms with van der Waals surface area (Å²) in [6.07, 6.45) is 10.8. The molecule has 1 radical (unpaired) electrons. The molecule has 3 aromatic carbocycles. The zero-order valence-electron chi connectivity index (χ0n) is 27.9. The molecule has 55 heavy (non-hydrogen) atoms. The van der Waals surface area contributed by atoms with E-state index in [1.54, 1.807) is 37.2 Å². The van der Waals surface area contributed by atoms with E-state index < -0.39 is 15.3 Å². The molecule has 0 saturated heterocycles. The quantitative estimate of drug-likeness (QED) is 0.0618. The van der Waals surface area contributed by atoms with Crippen molar-refractivity contribution in [2.45, 2.75) is 0 Å². The summed E-state index contributed by atoms with van der Waals surface area (Å²) in [5.41, 5.74) is 5.86. The van der Waals surface area contributed by atoms with Crippen LogP contribution in [0.1, 0.15) is 0 Å². The molecule has 0 atom stereocenters. The van der Waals surface area contributed by atoms with Crippen molar-refractivity contribution in [2.75, 3.05) is 0 Å². The van der Waals surface area contributed by atoms with E-state index in [9.17, 15) is 0 Å². The summed E-state index contributed by atoms with van der Waals surface area (Å²) in [5.74, 6) is 0. The number of aromatic nitrogens is 6. The van der Waals surface area contributed by atoms with E-state index >= 15 is 0 Å². The molecule has 0 aliphatic carbocycles. The van der Waals surface area contributed by atoms with Crippen LogP contribution in [-0.2, 0) is 17.1 Å². The van der Waals surface area contributed by atoms with Crippen LogP contribution < -0.4 is 0 Å². The number of fused-ring (bicyclic) bond motifs is 9. The third-order valence-electron chi connectivity index (χ3n) is 7.03. The van der Waals surface area contributed by atoms with Crippen molar-refractivity contribution in [1.82, 2.24) is 29.9 Å². The predicted molar refractivity (Wildman–Crippen MR) is 202 cm³/mol. The van der Waals surface area contributed by atoms with Crippen molar-refractivity contribution in [1.29, 1.82) is 0 Å². The van der Waals surface area contributed by atoms with Gasteiger partial charge in [0, 0.05) is 69.5 Å². The number of nitrogens with zero attached hydrogens (tertiary/aromatic N) is 9. The van der Waals surface area contributed by atoms with Crippen LogP contribution in [0, 0.1) is 46.0 Å². The van der Waals surface area contributed by atoms with Gasteiger partial charge < -0.3 is 46.0 Å². The Balaban J connectivity index is 0.000000192. The first-order chi connectivity index (χ1) is 26.0. The van der Waals surface area contributed by atoms with Gasteiger partial charge in [0.2, 0.25) is 0 Å². The fourth-order valence-electron chi connectivity index (χ4n) is 5.04. The summed E-state index contributed by atoms with van der Waals surface area (Å²) in [7, 11) is 0. The first-order valence-electron chi connectivity index (χ1n) is 15.2. The Labute approximate surface area is 319 Å². The first-order valence-corrected chi connectivity index (χ1v) is 15.2. The average Bonchev–Trinajstić information content (AvgIpc) is 3.18. The minimum absolute atomic E-state index is 0. The summed E-state index contributed by atoms with van der Waals surface area (Å²) >= 11 is 0. The molecule has 19 heteroatoms. The van der Waals surface area contributed by atoms with Crippen molar-refractivity contribution in [3.8, 4) is 0 Å². The Morgan fingerprint density at radius 1 is 0.291 bits per heavy atom. The Morgan fingerprint density at radius 2 is 0.418 bits per heavy atom. The molecule has 6 aromatic heterocycles. The smallest absolute Gasteiger partial charge is 0.356 e. The zero-order valence-corrected chi connectivity index (χ0v) is 29.0. The van der Waals surface area contributed by atoms with Gasteiger partial charge in [-0.1, -0.05) is 72.8 Å². The molecule has 0 fully saturated rings. The zero-order chi connectivity index (χ0) is 38.9. The van der Waals surface area contributed by atoms with E-state index in [0.29, 0.717) is 0 Å². The van der Waals surface area contributed by atoms with E-state index in [-0.39, 0.29) is 17.1 Å². The van der Waals surface area contributed by atoms with Crippen molar-refractivity contribution in [3.05, 3.63) is 192 Å². The molecule has 9 rings (SSSR count). The molecule has 9 aromatic rings. The van der Waals surface area contributed by atoms with Crippen molar-refractivity contribution in [3.63, 3.8) is 0 Å². The minimum atomic E-state index is -1.75. The maximum absolute atomic E-state index is 8.25. The fraction of sp³-hybridized carbons (Fsp3) is 0. The maximum Gasteiger partial charge on any atom is 3.00 e. The van der Waals surface area contributed by atoms with Gasteiger partial charge in [0.1, 0.15) is 0 Å². The number of pyridine rings is 6. The minimum Gasteiger partial charge on any atom is -0.356 e. The number of hydrogen-bond acceptors (Lipinski definition) is 15. The maximum atomic E-state index is 8.25. The second-order valence-corrected chi connectivity index (χ2v) is 10.3. The van der Waals surface area contributed by atoms with Crippen LogP contribution in [0.2, 0.25) is 0 Å². The van der Waals surface area contributed by atoms with Gasteiger partial charge in [-0.25, -0.2) is 0 Å². The average molecular weight is 782 g/mol. The number of hydrogen-bond donors (Lipinski definition) is 0. The monoisotopic (exact) mass is 782 g/mol. The summed E-state index contributed by atoms with van der Waals surface area (Å²) in [4.78, 5) is 50.8. The van der Waals surface area contributed by atoms with Gasteiger partial charge in [-0.3, -0.25) is 29.9 Å². The Kier molecular flexibility index (Phi) is 15.9. The second-order valence-electron chi connectivity index (χ2n) is 10.3. The fourth-order valence-corrected chi connectivity index (χ4v) is 5.04. The van der Waals surface area contributed by atoms with Gasteiger partial charge in [-0.15, -0.1) is 0 Å². The van der Waals surface area contributed by atoms with Gasteiger partial charge in [-0.05, 0) is 36.4 Å². The van der Waals surface area contributed by atoms with Gasteiger partial charge in [0.05, 0.1) is 48.4 Å². The summed E-state index contributed by atoms with van der Waals surface area (Å²) in [6.45, 7) is 0. The van der Waals surface area contributed by atoms with Crippen molar-refractivity contribution in [2.24, 2.45) is 0 Å². The van der Waals surface area contributed by atoms with Crippen molar-refractivity contribution < 1.29 is 32.3 Å². The molecule has 0 aliphatic heterocycles. The van der Waals surface area contributed by atoms with Gasteiger partial charge in [0.15, 0.2) is 0 Å². The standard InChI is InChI=1S/3C12H8N2.Fe.3NO3/c3*1-3-9-5-6-10-4-2-8-14-12(10)11(9)13-7-1;;3*2-1(3)4/h3*1-8H;;;;/q;;;+3;3*-1. The van der Waals surface area contributed by atoms with E-state index in [0.717, 1.165) is 65.4 Å². The summed E-state index contributed by atoms with van der Waals surface area (Å²) < 4.78 is 0. The predicted octanol–water partition coefficient (Wildman–Crippen LogP) is 7.63. The molecule has 18 nitrogen and oxygen atoms in total. The van der Waals surface area contributed by atoms with Crippen LogP contribution >= 0.6 is 0 Å². The van der Waals surface area contributed by atoms with E-state index in [2.05, 4.69) is 103 Å². The number of rotatable bonds is 0. The van der Waals surface area contributed by atoms with E-state index in [1.807, 2.05) is 36.4 Å². The van der Waals surface area contributed by atoms with Crippen molar-refractivity contribution >= 4 is 65.4 Å². The number of benzene rings is 3. The molecule has 275 valence electrons.